The van der Waals surface area contributed by atoms with E-state index < -0.39 is 5.83 Å². The molecule has 0 aliphatic rings. The Hall–Kier alpha value is -1.84. The molecule has 1 aromatic carbocycles. The third-order valence-corrected chi connectivity index (χ3v) is 2.05. The monoisotopic (exact) mass is 207 g/mol. The van der Waals surface area contributed by atoms with Crippen LogP contribution in [0.15, 0.2) is 29.0 Å². The topological polar surface area (TPSA) is 64.4 Å². The number of hydrogen-bond donors (Lipinski definition) is 2. The average Bonchev–Trinajstić information content (AvgIpc) is 2.21. The minimum Gasteiger partial charge on any atom is -0.399 e. The lowest BCUT2D eigenvalue weighted by Crippen LogP contribution is -2.03. The highest BCUT2D eigenvalue weighted by Crippen LogP contribution is 2.20. The van der Waals surface area contributed by atoms with Gasteiger partial charge in [0.15, 0.2) is 5.83 Å². The highest BCUT2D eigenvalue weighted by Gasteiger charge is 2.06. The largest absolute Gasteiger partial charge is 0.399 e. The van der Waals surface area contributed by atoms with E-state index in [1.807, 2.05) is 6.92 Å². The number of halogens is 1. The molecule has 0 aliphatic heterocycles. The lowest BCUT2D eigenvalue weighted by Gasteiger charge is -2.07. The van der Waals surface area contributed by atoms with Gasteiger partial charge in [-0.05, 0) is 24.6 Å². The minimum atomic E-state index is -0.550. The van der Waals surface area contributed by atoms with Crippen molar-refractivity contribution >= 4 is 17.6 Å². The molecule has 0 bridgehead atoms. The number of benzene rings is 1. The minimum absolute atomic E-state index is 0.0606. The summed E-state index contributed by atoms with van der Waals surface area (Å²) in [6, 6.07) is 5.19. The van der Waals surface area contributed by atoms with Gasteiger partial charge in [-0.25, -0.2) is 4.39 Å². The highest BCUT2D eigenvalue weighted by atomic mass is 19.1. The molecule has 4 heteroatoms. The number of nitrogens with zero attached hydrogens (tertiary/aromatic N) is 1. The molecule has 0 unspecified atom stereocenters. The van der Waals surface area contributed by atoms with Crippen molar-refractivity contribution in [2.45, 2.75) is 6.92 Å². The molecule has 1 rings (SSSR count). The first-order valence-electron chi connectivity index (χ1n) is 4.50. The quantitative estimate of drug-likeness (QED) is 0.574. The summed E-state index contributed by atoms with van der Waals surface area (Å²) in [5.74, 6) is -0.550. The first-order valence-corrected chi connectivity index (χ1v) is 4.50. The van der Waals surface area contributed by atoms with Crippen LogP contribution in [0, 0.1) is 6.92 Å². The maximum atomic E-state index is 13.4. The number of nitrogens with two attached hydrogens (primary N) is 2. The van der Waals surface area contributed by atoms with Crippen LogP contribution in [0.3, 0.4) is 0 Å². The van der Waals surface area contributed by atoms with Crippen LogP contribution in [0.5, 0.6) is 0 Å². The molecule has 0 spiro atoms. The Balaban J connectivity index is 3.27. The molecule has 0 atom stereocenters. The predicted octanol–water partition coefficient (Wildman–Crippen LogP) is 1.87. The van der Waals surface area contributed by atoms with E-state index in [4.69, 9.17) is 11.5 Å². The van der Waals surface area contributed by atoms with Crippen molar-refractivity contribution in [3.8, 4) is 0 Å². The van der Waals surface area contributed by atoms with Crippen molar-refractivity contribution < 1.29 is 4.39 Å². The van der Waals surface area contributed by atoms with E-state index in [0.717, 1.165) is 11.8 Å². The van der Waals surface area contributed by atoms with Crippen molar-refractivity contribution in [2.24, 2.45) is 10.7 Å². The van der Waals surface area contributed by atoms with E-state index in [1.54, 1.807) is 18.2 Å². The summed E-state index contributed by atoms with van der Waals surface area (Å²) < 4.78 is 13.4. The summed E-state index contributed by atoms with van der Waals surface area (Å²) in [6.07, 6.45) is 1.08. The standard InChI is InChI=1S/C11H14FN3/c1-7-3-4-8(13)5-9(7)11(14)10(12)6-15-2/h3-6H,13-14H2,1-2H3/b11-10+,15-6?. The lowest BCUT2D eigenvalue weighted by molar-refractivity contribution is 0.687. The third kappa shape index (κ3) is 2.56. The molecule has 4 N–H and O–H groups in total. The summed E-state index contributed by atoms with van der Waals surface area (Å²) in [5.41, 5.74) is 13.4. The zero-order valence-corrected chi connectivity index (χ0v) is 8.79. The van der Waals surface area contributed by atoms with E-state index in [1.165, 1.54) is 7.05 Å². The van der Waals surface area contributed by atoms with Crippen molar-refractivity contribution in [3.63, 3.8) is 0 Å². The number of anilines is 1. The zero-order valence-electron chi connectivity index (χ0n) is 8.79. The maximum Gasteiger partial charge on any atom is 0.164 e. The molecule has 0 fully saturated rings. The fourth-order valence-corrected chi connectivity index (χ4v) is 1.24. The van der Waals surface area contributed by atoms with Crippen molar-refractivity contribution in [3.05, 3.63) is 35.2 Å². The van der Waals surface area contributed by atoms with Gasteiger partial charge in [0.2, 0.25) is 0 Å². The fourth-order valence-electron chi connectivity index (χ4n) is 1.24. The van der Waals surface area contributed by atoms with Gasteiger partial charge in [0.25, 0.3) is 0 Å². The molecule has 0 saturated carbocycles. The number of hydrogen-bond acceptors (Lipinski definition) is 3. The first-order chi connectivity index (χ1) is 7.06. The van der Waals surface area contributed by atoms with Crippen LogP contribution in [0.25, 0.3) is 5.70 Å². The van der Waals surface area contributed by atoms with Gasteiger partial charge in [-0.15, -0.1) is 0 Å². The second kappa shape index (κ2) is 4.59. The van der Waals surface area contributed by atoms with Crippen LogP contribution in [-0.4, -0.2) is 13.3 Å². The molecule has 0 radical (unpaired) electrons. The molecule has 0 aromatic heterocycles. The van der Waals surface area contributed by atoms with Crippen LogP contribution in [-0.2, 0) is 0 Å². The smallest absolute Gasteiger partial charge is 0.164 e. The molecule has 80 valence electrons. The second-order valence-electron chi connectivity index (χ2n) is 3.22. The molecular formula is C11H14FN3. The van der Waals surface area contributed by atoms with Crippen molar-refractivity contribution in [1.29, 1.82) is 0 Å². The first kappa shape index (κ1) is 11.2. The maximum absolute atomic E-state index is 13.4. The molecule has 1 aromatic rings. The van der Waals surface area contributed by atoms with Gasteiger partial charge < -0.3 is 11.5 Å². The molecule has 0 saturated heterocycles. The Bertz CT molecular complexity index is 422. The molecule has 0 amide bonds. The molecule has 0 heterocycles. The third-order valence-electron chi connectivity index (χ3n) is 2.05. The zero-order chi connectivity index (χ0) is 11.4. The number of aliphatic imine (C=N–C) groups is 1. The Morgan fingerprint density at radius 2 is 2.13 bits per heavy atom. The fraction of sp³-hybridized carbons (Fsp3) is 0.182. The summed E-state index contributed by atoms with van der Waals surface area (Å²) in [6.45, 7) is 1.85. The SMILES string of the molecule is CN=C/C(F)=C(\N)c1cc(N)ccc1C. The van der Waals surface area contributed by atoms with Crippen LogP contribution in [0.2, 0.25) is 0 Å². The van der Waals surface area contributed by atoms with Gasteiger partial charge in [0.1, 0.15) is 0 Å². The van der Waals surface area contributed by atoms with Crippen LogP contribution < -0.4 is 11.5 Å². The second-order valence-corrected chi connectivity index (χ2v) is 3.22. The molecule has 0 aliphatic carbocycles. The Labute approximate surface area is 88.3 Å². The summed E-state index contributed by atoms with van der Waals surface area (Å²) >= 11 is 0. The molecular weight excluding hydrogens is 193 g/mol. The number of aryl methyl sites for hydroxylation is 1. The van der Waals surface area contributed by atoms with Crippen LogP contribution in [0.4, 0.5) is 10.1 Å². The van der Waals surface area contributed by atoms with Gasteiger partial charge in [-0.3, -0.25) is 4.99 Å². The van der Waals surface area contributed by atoms with Crippen LogP contribution >= 0.6 is 0 Å². The number of allylic oxidation sites excluding steroid dienone is 1. The Kier molecular flexibility index (Phi) is 3.44. The average molecular weight is 207 g/mol. The van der Waals surface area contributed by atoms with E-state index in [-0.39, 0.29) is 5.70 Å². The summed E-state index contributed by atoms with van der Waals surface area (Å²) in [7, 11) is 1.49. The van der Waals surface area contributed by atoms with E-state index in [9.17, 15) is 4.39 Å². The molecule has 15 heavy (non-hydrogen) atoms. The lowest BCUT2D eigenvalue weighted by atomic mass is 10.0. The van der Waals surface area contributed by atoms with Gasteiger partial charge in [-0.1, -0.05) is 6.07 Å². The normalized spacial score (nSPS) is 13.0. The summed E-state index contributed by atoms with van der Waals surface area (Å²) in [5, 5.41) is 0. The van der Waals surface area contributed by atoms with Crippen molar-refractivity contribution in [1.82, 2.24) is 0 Å². The number of rotatable bonds is 2. The summed E-state index contributed by atoms with van der Waals surface area (Å²) in [4.78, 5) is 3.57. The predicted molar refractivity (Wildman–Crippen MR) is 62.2 cm³/mol. The van der Waals surface area contributed by atoms with Crippen LogP contribution in [0.1, 0.15) is 11.1 Å². The van der Waals surface area contributed by atoms with Gasteiger partial charge in [0, 0.05) is 18.3 Å². The highest BCUT2D eigenvalue weighted by molar-refractivity contribution is 5.88. The Morgan fingerprint density at radius 3 is 2.73 bits per heavy atom. The molecule has 3 nitrogen and oxygen atoms in total. The van der Waals surface area contributed by atoms with E-state index >= 15 is 0 Å². The van der Waals surface area contributed by atoms with Crippen molar-refractivity contribution in [2.75, 3.05) is 12.8 Å². The van der Waals surface area contributed by atoms with Gasteiger partial charge in [0.05, 0.1) is 11.9 Å². The van der Waals surface area contributed by atoms with Gasteiger partial charge >= 0.3 is 0 Å². The van der Waals surface area contributed by atoms with E-state index in [0.29, 0.717) is 11.3 Å². The number of nitrogen functional groups attached to an aromatic ring is 1. The van der Waals surface area contributed by atoms with Gasteiger partial charge in [-0.2, -0.15) is 0 Å². The van der Waals surface area contributed by atoms with E-state index in [2.05, 4.69) is 4.99 Å². The Morgan fingerprint density at radius 1 is 1.47 bits per heavy atom.